The van der Waals surface area contributed by atoms with E-state index in [0.29, 0.717) is 16.5 Å². The number of carbonyl (C=O) groups is 2. The van der Waals surface area contributed by atoms with Crippen LogP contribution in [0, 0.1) is 13.8 Å². The van der Waals surface area contributed by atoms with Crippen LogP contribution in [0.2, 0.25) is 5.02 Å². The van der Waals surface area contributed by atoms with Gasteiger partial charge in [0.15, 0.2) is 11.4 Å². The maximum absolute atomic E-state index is 12.1. The summed E-state index contributed by atoms with van der Waals surface area (Å²) < 4.78 is 10.8. The van der Waals surface area contributed by atoms with Gasteiger partial charge in [-0.25, -0.2) is 4.79 Å². The molecule has 6 nitrogen and oxygen atoms in total. The Kier molecular flexibility index (Phi) is 7.73. The first-order chi connectivity index (χ1) is 14.0. The highest BCUT2D eigenvalue weighted by Crippen LogP contribution is 2.28. The van der Waals surface area contributed by atoms with E-state index in [1.807, 2.05) is 26.0 Å². The molecule has 0 unspecified atom stereocenters. The van der Waals surface area contributed by atoms with Crippen LogP contribution in [0.3, 0.4) is 0 Å². The molecule has 0 fully saturated rings. The maximum atomic E-state index is 12.1. The number of hydrogen-bond donors (Lipinski definition) is 0. The van der Waals surface area contributed by atoms with E-state index in [-0.39, 0.29) is 19.1 Å². The van der Waals surface area contributed by atoms with Gasteiger partial charge in [-0.1, -0.05) is 23.7 Å². The molecule has 7 heteroatoms. The zero-order chi connectivity index (χ0) is 22.5. The summed E-state index contributed by atoms with van der Waals surface area (Å²) in [7, 11) is 0. The number of benzene rings is 2. The van der Waals surface area contributed by atoms with Crippen molar-refractivity contribution >= 4 is 23.5 Å². The molecule has 0 heterocycles. The SMILES string of the molecule is CCOC(=O)C(C)(C)Oc1ccc(CN(Oc2c(C)cc(Cl)cc2C)C(C)=O)cc1. The zero-order valence-electron chi connectivity index (χ0n) is 18.2. The normalized spacial score (nSPS) is 11.0. The molecule has 2 aromatic rings. The minimum atomic E-state index is -1.10. The van der Waals surface area contributed by atoms with Gasteiger partial charge >= 0.3 is 5.97 Å². The third-order valence-electron chi connectivity index (χ3n) is 4.37. The predicted octanol–water partition coefficient (Wildman–Crippen LogP) is 5.02. The molecule has 0 aliphatic rings. The molecular formula is C23H28ClNO5. The molecule has 0 bridgehead atoms. The number of halogens is 1. The lowest BCUT2D eigenvalue weighted by molar-refractivity contribution is -0.159. The Balaban J connectivity index is 2.12. The van der Waals surface area contributed by atoms with Crippen LogP contribution in [0.1, 0.15) is 44.4 Å². The molecule has 0 aliphatic carbocycles. The minimum absolute atomic E-state index is 0.229. The molecule has 162 valence electrons. The molecule has 1 amide bonds. The molecule has 0 N–H and O–H groups in total. The fourth-order valence-corrected chi connectivity index (χ4v) is 3.16. The molecular weight excluding hydrogens is 406 g/mol. The summed E-state index contributed by atoms with van der Waals surface area (Å²) in [5, 5.41) is 1.91. The lowest BCUT2D eigenvalue weighted by atomic mass is 10.1. The lowest BCUT2D eigenvalue weighted by Crippen LogP contribution is -2.39. The first-order valence-electron chi connectivity index (χ1n) is 9.71. The molecule has 0 radical (unpaired) electrons. The number of hydrogen-bond acceptors (Lipinski definition) is 5. The van der Waals surface area contributed by atoms with Crippen LogP contribution in [-0.2, 0) is 20.9 Å². The van der Waals surface area contributed by atoms with E-state index >= 15 is 0 Å². The second-order valence-electron chi connectivity index (χ2n) is 7.49. The summed E-state index contributed by atoms with van der Waals surface area (Å²) in [6.07, 6.45) is 0. The number of aryl methyl sites for hydroxylation is 2. The largest absolute Gasteiger partial charge is 0.476 e. The molecule has 0 atom stereocenters. The summed E-state index contributed by atoms with van der Waals surface area (Å²) in [5.74, 6) is 0.466. The summed E-state index contributed by atoms with van der Waals surface area (Å²) in [6, 6.07) is 10.7. The third kappa shape index (κ3) is 6.13. The van der Waals surface area contributed by atoms with Crippen molar-refractivity contribution in [3.05, 3.63) is 58.1 Å². The Morgan fingerprint density at radius 3 is 2.13 bits per heavy atom. The number of nitrogens with zero attached hydrogens (tertiary/aromatic N) is 1. The summed E-state index contributed by atoms with van der Waals surface area (Å²) in [6.45, 7) is 10.8. The first-order valence-corrected chi connectivity index (χ1v) is 10.1. The Hall–Kier alpha value is -2.73. The Morgan fingerprint density at radius 2 is 1.63 bits per heavy atom. The van der Waals surface area contributed by atoms with Gasteiger partial charge in [-0.2, -0.15) is 5.06 Å². The Morgan fingerprint density at radius 1 is 1.07 bits per heavy atom. The van der Waals surface area contributed by atoms with Crippen molar-refractivity contribution in [3.8, 4) is 11.5 Å². The van der Waals surface area contributed by atoms with Gasteiger partial charge in [0.2, 0.25) is 0 Å². The van der Waals surface area contributed by atoms with Crippen molar-refractivity contribution in [1.82, 2.24) is 5.06 Å². The maximum Gasteiger partial charge on any atom is 0.349 e. The highest BCUT2D eigenvalue weighted by atomic mass is 35.5. The number of hydroxylamine groups is 2. The minimum Gasteiger partial charge on any atom is -0.476 e. The molecule has 0 saturated heterocycles. The van der Waals surface area contributed by atoms with Crippen molar-refractivity contribution in [2.24, 2.45) is 0 Å². The van der Waals surface area contributed by atoms with Crippen molar-refractivity contribution in [2.45, 2.75) is 53.7 Å². The monoisotopic (exact) mass is 433 g/mol. The van der Waals surface area contributed by atoms with E-state index in [1.165, 1.54) is 12.0 Å². The molecule has 0 aromatic heterocycles. The van der Waals surface area contributed by atoms with Crippen molar-refractivity contribution in [1.29, 1.82) is 0 Å². The van der Waals surface area contributed by atoms with Crippen molar-refractivity contribution in [3.63, 3.8) is 0 Å². The van der Waals surface area contributed by atoms with E-state index in [9.17, 15) is 9.59 Å². The van der Waals surface area contributed by atoms with E-state index in [0.717, 1.165) is 16.7 Å². The molecule has 2 rings (SSSR count). The fraction of sp³-hybridized carbons (Fsp3) is 0.391. The van der Waals surface area contributed by atoms with E-state index in [4.69, 9.17) is 25.9 Å². The summed E-state index contributed by atoms with van der Waals surface area (Å²) in [5.41, 5.74) is 1.43. The zero-order valence-corrected chi connectivity index (χ0v) is 19.0. The predicted molar refractivity (Wildman–Crippen MR) is 116 cm³/mol. The number of carbonyl (C=O) groups excluding carboxylic acids is 2. The van der Waals surface area contributed by atoms with Gasteiger partial charge < -0.3 is 14.3 Å². The molecule has 0 saturated carbocycles. The number of ether oxygens (including phenoxy) is 2. The fourth-order valence-electron chi connectivity index (χ4n) is 2.83. The van der Waals surface area contributed by atoms with Crippen LogP contribution in [0.5, 0.6) is 11.5 Å². The number of amides is 1. The van der Waals surface area contributed by atoms with Crippen LogP contribution in [0.25, 0.3) is 0 Å². The number of rotatable bonds is 8. The topological polar surface area (TPSA) is 65.1 Å². The Bertz CT molecular complexity index is 885. The first kappa shape index (κ1) is 23.5. The van der Waals surface area contributed by atoms with Gasteiger partial charge in [0.05, 0.1) is 13.2 Å². The van der Waals surface area contributed by atoms with E-state index in [1.54, 1.807) is 45.0 Å². The molecule has 30 heavy (non-hydrogen) atoms. The average molecular weight is 434 g/mol. The highest BCUT2D eigenvalue weighted by Gasteiger charge is 2.31. The smallest absolute Gasteiger partial charge is 0.349 e. The highest BCUT2D eigenvalue weighted by molar-refractivity contribution is 6.30. The van der Waals surface area contributed by atoms with Crippen LogP contribution < -0.4 is 9.57 Å². The number of esters is 1. The third-order valence-corrected chi connectivity index (χ3v) is 4.59. The van der Waals surface area contributed by atoms with Gasteiger partial charge in [-0.15, -0.1) is 0 Å². The van der Waals surface area contributed by atoms with Gasteiger partial charge in [-0.05, 0) is 75.6 Å². The molecule has 0 spiro atoms. The van der Waals surface area contributed by atoms with Gasteiger partial charge in [0.1, 0.15) is 5.75 Å². The van der Waals surface area contributed by atoms with E-state index < -0.39 is 11.6 Å². The van der Waals surface area contributed by atoms with Crippen LogP contribution >= 0.6 is 11.6 Å². The summed E-state index contributed by atoms with van der Waals surface area (Å²) >= 11 is 6.07. The molecule has 0 aliphatic heterocycles. The van der Waals surface area contributed by atoms with Gasteiger partial charge in [0, 0.05) is 11.9 Å². The van der Waals surface area contributed by atoms with Crippen molar-refractivity contribution in [2.75, 3.05) is 6.61 Å². The van der Waals surface area contributed by atoms with Crippen LogP contribution in [-0.4, -0.2) is 29.1 Å². The van der Waals surface area contributed by atoms with Crippen LogP contribution in [0.15, 0.2) is 36.4 Å². The average Bonchev–Trinajstić information content (AvgIpc) is 2.64. The second kappa shape index (κ2) is 9.85. The quantitative estimate of drug-likeness (QED) is 0.432. The van der Waals surface area contributed by atoms with E-state index in [2.05, 4.69) is 0 Å². The standard InChI is InChI=1S/C23H28ClNO5/c1-7-28-22(27)23(5,6)29-20-10-8-18(9-11-20)14-25(17(4)26)30-21-15(2)12-19(24)13-16(21)3/h8-13H,7,14H2,1-6H3. The molecule has 2 aromatic carbocycles. The Labute approximate surface area is 182 Å². The lowest BCUT2D eigenvalue weighted by Gasteiger charge is -2.25. The summed E-state index contributed by atoms with van der Waals surface area (Å²) in [4.78, 5) is 30.0. The van der Waals surface area contributed by atoms with Crippen molar-refractivity contribution < 1.29 is 23.9 Å². The van der Waals surface area contributed by atoms with Crippen LogP contribution in [0.4, 0.5) is 0 Å². The van der Waals surface area contributed by atoms with Gasteiger partial charge in [0.25, 0.3) is 5.91 Å². The van der Waals surface area contributed by atoms with Gasteiger partial charge in [-0.3, -0.25) is 4.79 Å². The second-order valence-corrected chi connectivity index (χ2v) is 7.93.